The number of hydrogen-bond acceptors (Lipinski definition) is 4. The highest BCUT2D eigenvalue weighted by molar-refractivity contribution is 5.89. The van der Waals surface area contributed by atoms with Crippen LogP contribution in [0.5, 0.6) is 0 Å². The molecule has 0 unspecified atom stereocenters. The first-order valence-corrected chi connectivity index (χ1v) is 9.47. The minimum absolute atomic E-state index is 0.00656. The van der Waals surface area contributed by atoms with Crippen LogP contribution < -0.4 is 0 Å². The van der Waals surface area contributed by atoms with Crippen LogP contribution >= 0.6 is 0 Å². The highest BCUT2D eigenvalue weighted by atomic mass is 16.5. The summed E-state index contributed by atoms with van der Waals surface area (Å²) in [5.41, 5.74) is 2.94. The first-order valence-electron chi connectivity index (χ1n) is 9.47. The number of fused-ring (bicyclic) bond motifs is 1. The third kappa shape index (κ3) is 3.67. The maximum absolute atomic E-state index is 12.8. The number of hydrogen-bond donors (Lipinski definition) is 0. The van der Waals surface area contributed by atoms with E-state index in [1.807, 2.05) is 44.2 Å². The molecule has 0 saturated carbocycles. The Hall–Kier alpha value is -2.83. The molecule has 0 bridgehead atoms. The lowest BCUT2D eigenvalue weighted by Crippen LogP contribution is -2.45. The average molecular weight is 370 g/mol. The fraction of sp³-hybridized carbons (Fsp3) is 0.450. The van der Waals surface area contributed by atoms with E-state index in [2.05, 4.69) is 5.10 Å². The van der Waals surface area contributed by atoms with Gasteiger partial charge in [0.25, 0.3) is 0 Å². The van der Waals surface area contributed by atoms with Crippen LogP contribution in [0.3, 0.4) is 0 Å². The van der Waals surface area contributed by atoms with E-state index in [-0.39, 0.29) is 12.6 Å². The van der Waals surface area contributed by atoms with Crippen LogP contribution in [0.1, 0.15) is 42.5 Å². The molecule has 27 heavy (non-hydrogen) atoms. The molecule has 2 aromatic rings. The minimum Gasteiger partial charge on any atom is -0.461 e. The molecular formula is C20H26N4O3. The smallest absolute Gasteiger partial charge is 0.359 e. The van der Waals surface area contributed by atoms with Crippen molar-refractivity contribution in [2.24, 2.45) is 0 Å². The van der Waals surface area contributed by atoms with Crippen molar-refractivity contribution in [3.05, 3.63) is 47.3 Å². The lowest BCUT2D eigenvalue weighted by Gasteiger charge is -2.32. The Balaban J connectivity index is 1.99. The number of carbonyl (C=O) groups is 2. The van der Waals surface area contributed by atoms with Gasteiger partial charge >= 0.3 is 12.0 Å². The molecule has 144 valence electrons. The number of esters is 1. The topological polar surface area (TPSA) is 67.7 Å². The molecule has 1 aliphatic rings. The molecule has 7 nitrogen and oxygen atoms in total. The second-order valence-electron chi connectivity index (χ2n) is 6.37. The Kier molecular flexibility index (Phi) is 5.78. The quantitative estimate of drug-likeness (QED) is 0.759. The molecule has 0 spiro atoms. The normalized spacial score (nSPS) is 13.2. The Morgan fingerprint density at radius 3 is 2.48 bits per heavy atom. The molecule has 0 aliphatic carbocycles. The van der Waals surface area contributed by atoms with Gasteiger partial charge in [0.2, 0.25) is 0 Å². The van der Waals surface area contributed by atoms with Gasteiger partial charge in [-0.25, -0.2) is 14.3 Å². The van der Waals surface area contributed by atoms with E-state index in [1.54, 1.807) is 21.4 Å². The molecule has 0 fully saturated rings. The van der Waals surface area contributed by atoms with E-state index in [0.29, 0.717) is 38.3 Å². The third-order valence-corrected chi connectivity index (χ3v) is 4.83. The van der Waals surface area contributed by atoms with E-state index in [9.17, 15) is 9.59 Å². The van der Waals surface area contributed by atoms with Crippen molar-refractivity contribution in [2.45, 2.75) is 33.7 Å². The summed E-state index contributed by atoms with van der Waals surface area (Å²) in [6, 6.07) is 9.72. The van der Waals surface area contributed by atoms with Crippen molar-refractivity contribution in [2.75, 3.05) is 26.2 Å². The Morgan fingerprint density at radius 1 is 1.15 bits per heavy atom. The molecule has 0 radical (unpaired) electrons. The van der Waals surface area contributed by atoms with Crippen molar-refractivity contribution in [3.8, 4) is 5.69 Å². The number of para-hydroxylation sites is 1. The van der Waals surface area contributed by atoms with Gasteiger partial charge in [0, 0.05) is 31.6 Å². The summed E-state index contributed by atoms with van der Waals surface area (Å²) in [6.07, 6.45) is 0.643. The van der Waals surface area contributed by atoms with Gasteiger partial charge in [-0.2, -0.15) is 5.10 Å². The monoisotopic (exact) mass is 370 g/mol. The highest BCUT2D eigenvalue weighted by Crippen LogP contribution is 2.26. The predicted octanol–water partition coefficient (Wildman–Crippen LogP) is 2.87. The zero-order valence-corrected chi connectivity index (χ0v) is 16.1. The van der Waals surface area contributed by atoms with Gasteiger partial charge < -0.3 is 14.5 Å². The number of nitrogens with zero attached hydrogens (tertiary/aromatic N) is 4. The van der Waals surface area contributed by atoms with Gasteiger partial charge in [-0.05, 0) is 32.9 Å². The van der Waals surface area contributed by atoms with E-state index in [0.717, 1.165) is 16.9 Å². The molecule has 2 heterocycles. The second-order valence-corrected chi connectivity index (χ2v) is 6.37. The van der Waals surface area contributed by atoms with E-state index in [1.165, 1.54) is 0 Å². The van der Waals surface area contributed by atoms with Gasteiger partial charge in [0.1, 0.15) is 0 Å². The van der Waals surface area contributed by atoms with Crippen LogP contribution in [0.2, 0.25) is 0 Å². The first kappa shape index (κ1) is 18.9. The van der Waals surface area contributed by atoms with Gasteiger partial charge in [-0.15, -0.1) is 0 Å². The number of benzene rings is 1. The predicted molar refractivity (Wildman–Crippen MR) is 102 cm³/mol. The van der Waals surface area contributed by atoms with E-state index in [4.69, 9.17) is 4.74 Å². The molecule has 2 amide bonds. The van der Waals surface area contributed by atoms with E-state index >= 15 is 0 Å². The average Bonchev–Trinajstić information content (AvgIpc) is 3.08. The van der Waals surface area contributed by atoms with Crippen LogP contribution in [-0.2, 0) is 17.7 Å². The first-order chi connectivity index (χ1) is 13.1. The Morgan fingerprint density at radius 2 is 1.85 bits per heavy atom. The standard InChI is InChI=1S/C20H26N4O3/c1-4-22(5-2)20(26)23-13-12-17-16(14-23)18(19(25)27-6-3)21-24(17)15-10-8-7-9-11-15/h7-11H,4-6,12-14H2,1-3H3. The van der Waals surface area contributed by atoms with Crippen LogP contribution in [0.15, 0.2) is 30.3 Å². The number of aromatic nitrogens is 2. The zero-order chi connectivity index (χ0) is 19.4. The number of rotatable bonds is 5. The van der Waals surface area contributed by atoms with Crippen molar-refractivity contribution >= 4 is 12.0 Å². The molecule has 1 aromatic heterocycles. The van der Waals surface area contributed by atoms with Gasteiger partial charge in [0.15, 0.2) is 5.69 Å². The maximum atomic E-state index is 12.8. The van der Waals surface area contributed by atoms with Gasteiger partial charge in [-0.1, -0.05) is 18.2 Å². The van der Waals surface area contributed by atoms with Crippen molar-refractivity contribution in [3.63, 3.8) is 0 Å². The van der Waals surface area contributed by atoms with Crippen molar-refractivity contribution < 1.29 is 14.3 Å². The summed E-state index contributed by atoms with van der Waals surface area (Å²) < 4.78 is 7.01. The summed E-state index contributed by atoms with van der Waals surface area (Å²) in [7, 11) is 0. The fourth-order valence-corrected chi connectivity index (χ4v) is 3.42. The number of ether oxygens (including phenoxy) is 1. The number of urea groups is 1. The fourth-order valence-electron chi connectivity index (χ4n) is 3.42. The number of carbonyl (C=O) groups excluding carboxylic acids is 2. The second kappa shape index (κ2) is 8.24. The molecule has 0 saturated heterocycles. The number of amides is 2. The van der Waals surface area contributed by atoms with Crippen LogP contribution in [-0.4, -0.2) is 57.8 Å². The van der Waals surface area contributed by atoms with Crippen molar-refractivity contribution in [1.29, 1.82) is 0 Å². The van der Waals surface area contributed by atoms with E-state index < -0.39 is 5.97 Å². The Labute approximate surface area is 159 Å². The molecule has 7 heteroatoms. The highest BCUT2D eigenvalue weighted by Gasteiger charge is 2.32. The molecule has 1 aromatic carbocycles. The van der Waals surface area contributed by atoms with Crippen LogP contribution in [0.25, 0.3) is 5.69 Å². The van der Waals surface area contributed by atoms with Gasteiger partial charge in [-0.3, -0.25) is 0 Å². The minimum atomic E-state index is -0.444. The molecular weight excluding hydrogens is 344 g/mol. The zero-order valence-electron chi connectivity index (χ0n) is 16.1. The molecule has 3 rings (SSSR count). The summed E-state index contributed by atoms with van der Waals surface area (Å²) in [5, 5.41) is 4.55. The molecule has 0 atom stereocenters. The summed E-state index contributed by atoms with van der Waals surface area (Å²) >= 11 is 0. The Bertz CT molecular complexity index is 812. The van der Waals surface area contributed by atoms with Gasteiger partial charge in [0.05, 0.1) is 24.5 Å². The SMILES string of the molecule is CCOC(=O)c1nn(-c2ccccc2)c2c1CN(C(=O)N(CC)CC)CC2. The van der Waals surface area contributed by atoms with Crippen molar-refractivity contribution in [1.82, 2.24) is 19.6 Å². The molecule has 0 N–H and O–H groups in total. The largest absolute Gasteiger partial charge is 0.461 e. The lowest BCUT2D eigenvalue weighted by atomic mass is 10.0. The lowest BCUT2D eigenvalue weighted by molar-refractivity contribution is 0.0516. The summed E-state index contributed by atoms with van der Waals surface area (Å²) in [6.45, 7) is 8.28. The summed E-state index contributed by atoms with van der Waals surface area (Å²) in [4.78, 5) is 28.8. The summed E-state index contributed by atoms with van der Waals surface area (Å²) in [5.74, 6) is -0.444. The maximum Gasteiger partial charge on any atom is 0.359 e. The molecule has 1 aliphatic heterocycles. The van der Waals surface area contributed by atoms with Crippen LogP contribution in [0.4, 0.5) is 4.79 Å². The third-order valence-electron chi connectivity index (χ3n) is 4.83. The van der Waals surface area contributed by atoms with Crippen LogP contribution in [0, 0.1) is 0 Å².